The molecule has 2 aliphatic rings. The molecule has 1 spiro atoms. The highest BCUT2D eigenvalue weighted by Crippen LogP contribution is 2.45. The number of benzene rings is 2. The zero-order valence-electron chi connectivity index (χ0n) is 16.9. The van der Waals surface area contributed by atoms with Gasteiger partial charge in [-0.1, -0.05) is 23.7 Å². The van der Waals surface area contributed by atoms with Crippen LogP contribution >= 0.6 is 11.6 Å². The van der Waals surface area contributed by atoms with E-state index in [4.69, 9.17) is 21.1 Å². The topological polar surface area (TPSA) is 62.2 Å². The van der Waals surface area contributed by atoms with Gasteiger partial charge in [0.1, 0.15) is 17.1 Å². The van der Waals surface area contributed by atoms with E-state index in [1.165, 1.54) is 0 Å². The number of β-amino-alcohol motifs (C(OH)–C–C–N with tert-alkyl or cyclic N) is 1. The van der Waals surface area contributed by atoms with Crippen molar-refractivity contribution in [3.63, 3.8) is 0 Å². The molecular weight excluding hydrogens is 390 g/mol. The van der Waals surface area contributed by atoms with Crippen LogP contribution in [-0.2, 0) is 0 Å². The van der Waals surface area contributed by atoms with Crippen LogP contribution in [0.2, 0.25) is 5.02 Å². The monoisotopic (exact) mass is 417 g/mol. The van der Waals surface area contributed by atoms with Gasteiger partial charge in [0, 0.05) is 36.6 Å². The fourth-order valence-corrected chi connectivity index (χ4v) is 4.58. The number of aliphatic hydroxyl groups is 2. The molecule has 5 nitrogen and oxygen atoms in total. The molecule has 0 unspecified atom stereocenters. The number of halogens is 1. The zero-order valence-corrected chi connectivity index (χ0v) is 17.7. The van der Waals surface area contributed by atoms with Gasteiger partial charge in [0.05, 0.1) is 19.3 Å². The van der Waals surface area contributed by atoms with Gasteiger partial charge in [-0.2, -0.15) is 0 Å². The third kappa shape index (κ3) is 4.24. The highest BCUT2D eigenvalue weighted by Gasteiger charge is 2.43. The average molecular weight is 418 g/mol. The predicted molar refractivity (Wildman–Crippen MR) is 113 cm³/mol. The van der Waals surface area contributed by atoms with Crippen LogP contribution in [0.1, 0.15) is 48.2 Å². The molecule has 2 N–H and O–H groups in total. The van der Waals surface area contributed by atoms with Crippen LogP contribution in [0.5, 0.6) is 11.5 Å². The standard InChI is InChI=1S/C23H28ClNO4/c1-15-10-22-18(12-19(15)24)20(26)13-23(29-22)6-8-25(9-7-23)14-21(27)16-4-3-5-17(11-16)28-2/h3-5,10-12,20-21,26-27H,6-9,13-14H2,1-2H3/t20-,21+/m0/s1. The van der Waals surface area contributed by atoms with Crippen molar-refractivity contribution in [2.75, 3.05) is 26.7 Å². The number of fused-ring (bicyclic) bond motifs is 1. The summed E-state index contributed by atoms with van der Waals surface area (Å²) in [4.78, 5) is 2.26. The largest absolute Gasteiger partial charge is 0.497 e. The van der Waals surface area contributed by atoms with Crippen molar-refractivity contribution in [1.82, 2.24) is 4.90 Å². The lowest BCUT2D eigenvalue weighted by molar-refractivity contribution is -0.0588. The molecule has 1 fully saturated rings. The number of nitrogens with zero attached hydrogens (tertiary/aromatic N) is 1. The summed E-state index contributed by atoms with van der Waals surface area (Å²) in [5, 5.41) is 22.0. The Hall–Kier alpha value is -1.79. The first kappa shape index (κ1) is 20.5. The number of hydrogen-bond donors (Lipinski definition) is 2. The molecule has 2 aromatic rings. The molecule has 29 heavy (non-hydrogen) atoms. The molecule has 2 atom stereocenters. The zero-order chi connectivity index (χ0) is 20.6. The minimum Gasteiger partial charge on any atom is -0.497 e. The Morgan fingerprint density at radius 3 is 2.76 bits per heavy atom. The molecule has 0 radical (unpaired) electrons. The molecule has 0 aliphatic carbocycles. The molecule has 6 heteroatoms. The van der Waals surface area contributed by atoms with Gasteiger partial charge < -0.3 is 24.6 Å². The molecule has 2 aromatic carbocycles. The fraction of sp³-hybridized carbons (Fsp3) is 0.478. The van der Waals surface area contributed by atoms with Gasteiger partial charge in [-0.25, -0.2) is 0 Å². The molecule has 0 saturated carbocycles. The summed E-state index contributed by atoms with van der Waals surface area (Å²) in [5.74, 6) is 1.49. The molecule has 156 valence electrons. The predicted octanol–water partition coefficient (Wildman–Crippen LogP) is 4.04. The van der Waals surface area contributed by atoms with Crippen molar-refractivity contribution >= 4 is 11.6 Å². The summed E-state index contributed by atoms with van der Waals surface area (Å²) in [6.07, 6.45) is 1.07. The SMILES string of the molecule is COc1cccc([C@H](O)CN2CCC3(CC2)C[C@H](O)c2cc(Cl)c(C)cc2O3)c1. The average Bonchev–Trinajstić information content (AvgIpc) is 2.71. The number of aliphatic hydroxyl groups excluding tert-OH is 2. The van der Waals surface area contributed by atoms with Gasteiger partial charge in [-0.15, -0.1) is 0 Å². The van der Waals surface area contributed by atoms with Gasteiger partial charge in [-0.05, 0) is 55.2 Å². The van der Waals surface area contributed by atoms with Crippen LogP contribution in [-0.4, -0.2) is 47.5 Å². The smallest absolute Gasteiger partial charge is 0.126 e. The van der Waals surface area contributed by atoms with Crippen molar-refractivity contribution in [1.29, 1.82) is 0 Å². The summed E-state index contributed by atoms with van der Waals surface area (Å²) in [7, 11) is 1.63. The van der Waals surface area contributed by atoms with Crippen LogP contribution in [0.3, 0.4) is 0 Å². The maximum Gasteiger partial charge on any atom is 0.126 e. The number of likely N-dealkylation sites (tertiary alicyclic amines) is 1. The Kier molecular flexibility index (Phi) is 5.76. The molecule has 0 bridgehead atoms. The Bertz CT molecular complexity index is 879. The van der Waals surface area contributed by atoms with E-state index in [1.807, 2.05) is 43.3 Å². The van der Waals surface area contributed by atoms with Gasteiger partial charge in [0.2, 0.25) is 0 Å². The first-order chi connectivity index (χ1) is 13.9. The number of ether oxygens (including phenoxy) is 2. The Labute approximate surface area is 176 Å². The third-order valence-electron chi connectivity index (χ3n) is 6.22. The molecular formula is C23H28ClNO4. The minimum absolute atomic E-state index is 0.357. The highest BCUT2D eigenvalue weighted by atomic mass is 35.5. The van der Waals surface area contributed by atoms with Crippen molar-refractivity contribution in [2.24, 2.45) is 0 Å². The lowest BCUT2D eigenvalue weighted by Crippen LogP contribution is -2.51. The van der Waals surface area contributed by atoms with Crippen LogP contribution in [0.15, 0.2) is 36.4 Å². The van der Waals surface area contributed by atoms with Crippen molar-refractivity contribution in [2.45, 2.75) is 44.0 Å². The van der Waals surface area contributed by atoms with E-state index in [-0.39, 0.29) is 5.60 Å². The summed E-state index contributed by atoms with van der Waals surface area (Å²) >= 11 is 6.22. The van der Waals surface area contributed by atoms with E-state index >= 15 is 0 Å². The maximum atomic E-state index is 10.7. The number of piperidine rings is 1. The van der Waals surface area contributed by atoms with Gasteiger partial charge in [0.25, 0.3) is 0 Å². The van der Waals surface area contributed by atoms with Crippen molar-refractivity contribution in [3.05, 3.63) is 58.1 Å². The van der Waals surface area contributed by atoms with E-state index in [9.17, 15) is 10.2 Å². The second kappa shape index (κ2) is 8.15. The summed E-state index contributed by atoms with van der Waals surface area (Å²) in [5.41, 5.74) is 2.23. The van der Waals surface area contributed by atoms with E-state index in [1.54, 1.807) is 7.11 Å². The lowest BCUT2D eigenvalue weighted by Gasteiger charge is -2.46. The highest BCUT2D eigenvalue weighted by molar-refractivity contribution is 6.31. The Morgan fingerprint density at radius 2 is 2.03 bits per heavy atom. The Morgan fingerprint density at radius 1 is 1.28 bits per heavy atom. The molecule has 2 heterocycles. The number of hydrogen-bond acceptors (Lipinski definition) is 5. The van der Waals surface area contributed by atoms with Crippen LogP contribution in [0.25, 0.3) is 0 Å². The van der Waals surface area contributed by atoms with Crippen molar-refractivity contribution in [3.8, 4) is 11.5 Å². The number of aryl methyl sites for hydroxylation is 1. The van der Waals surface area contributed by atoms with Gasteiger partial charge in [-0.3, -0.25) is 0 Å². The summed E-state index contributed by atoms with van der Waals surface area (Å²) in [6, 6.07) is 11.3. The second-order valence-corrected chi connectivity index (χ2v) is 8.64. The molecule has 2 aliphatic heterocycles. The first-order valence-corrected chi connectivity index (χ1v) is 10.5. The lowest BCUT2D eigenvalue weighted by atomic mass is 9.81. The third-order valence-corrected chi connectivity index (χ3v) is 6.63. The molecule has 0 aromatic heterocycles. The number of methoxy groups -OCH3 is 1. The summed E-state index contributed by atoms with van der Waals surface area (Å²) < 4.78 is 11.7. The van der Waals surface area contributed by atoms with Gasteiger partial charge in [0.15, 0.2) is 0 Å². The molecule has 4 rings (SSSR count). The quantitative estimate of drug-likeness (QED) is 0.786. The molecule has 0 amide bonds. The minimum atomic E-state index is -0.567. The van der Waals surface area contributed by atoms with E-state index in [2.05, 4.69) is 4.90 Å². The second-order valence-electron chi connectivity index (χ2n) is 8.24. The Balaban J connectivity index is 1.40. The normalized spacial score (nSPS) is 22.0. The van der Waals surface area contributed by atoms with E-state index in [0.29, 0.717) is 18.0 Å². The summed E-state index contributed by atoms with van der Waals surface area (Å²) in [6.45, 7) is 4.14. The van der Waals surface area contributed by atoms with Crippen molar-refractivity contribution < 1.29 is 19.7 Å². The van der Waals surface area contributed by atoms with E-state index < -0.39 is 12.2 Å². The molecule has 1 saturated heterocycles. The van der Waals surface area contributed by atoms with Crippen LogP contribution < -0.4 is 9.47 Å². The van der Waals surface area contributed by atoms with Gasteiger partial charge >= 0.3 is 0 Å². The van der Waals surface area contributed by atoms with Crippen LogP contribution in [0, 0.1) is 6.92 Å². The first-order valence-electron chi connectivity index (χ1n) is 10.1. The fourth-order valence-electron chi connectivity index (χ4n) is 4.40. The van der Waals surface area contributed by atoms with E-state index in [0.717, 1.165) is 54.1 Å². The number of rotatable bonds is 4. The van der Waals surface area contributed by atoms with Crippen LogP contribution in [0.4, 0.5) is 0 Å². The maximum absolute atomic E-state index is 10.7.